The minimum absolute atomic E-state index is 0.00489. The van der Waals surface area contributed by atoms with Crippen molar-refractivity contribution in [1.82, 2.24) is 10.4 Å². The Bertz CT molecular complexity index is 410. The molecule has 0 fully saturated rings. The number of hydrogen-bond acceptors (Lipinski definition) is 2. The average Bonchev–Trinajstić information content (AvgIpc) is 2.28. The van der Waals surface area contributed by atoms with Crippen LogP contribution in [0.1, 0.15) is 24.8 Å². The van der Waals surface area contributed by atoms with Crippen molar-refractivity contribution in [3.8, 4) is 0 Å². The molecule has 0 bridgehead atoms. The quantitative estimate of drug-likeness (QED) is 0.646. The van der Waals surface area contributed by atoms with E-state index in [9.17, 15) is 9.18 Å². The van der Waals surface area contributed by atoms with Gasteiger partial charge in [0.2, 0.25) is 5.91 Å². The van der Waals surface area contributed by atoms with Gasteiger partial charge in [0.05, 0.1) is 0 Å². The normalized spacial score (nSPS) is 10.7. The SMILES string of the molecule is CN(C)NC(=O)CCCCc1cc(Br)ccc1F. The fourth-order valence-electron chi connectivity index (χ4n) is 1.64. The van der Waals surface area contributed by atoms with E-state index in [4.69, 9.17) is 0 Å². The first-order valence-electron chi connectivity index (χ1n) is 5.90. The van der Waals surface area contributed by atoms with Crippen LogP contribution in [-0.4, -0.2) is 25.0 Å². The first-order chi connectivity index (χ1) is 8.49. The topological polar surface area (TPSA) is 32.3 Å². The van der Waals surface area contributed by atoms with Crippen molar-refractivity contribution in [2.24, 2.45) is 0 Å². The molecule has 0 aliphatic rings. The number of aryl methyl sites for hydroxylation is 1. The molecule has 0 heterocycles. The number of nitrogens with one attached hydrogen (secondary N) is 1. The van der Waals surface area contributed by atoms with Crippen LogP contribution in [0.5, 0.6) is 0 Å². The van der Waals surface area contributed by atoms with Crippen LogP contribution < -0.4 is 5.43 Å². The molecule has 0 saturated carbocycles. The van der Waals surface area contributed by atoms with Gasteiger partial charge >= 0.3 is 0 Å². The molecule has 0 aliphatic carbocycles. The van der Waals surface area contributed by atoms with Crippen LogP contribution in [-0.2, 0) is 11.2 Å². The van der Waals surface area contributed by atoms with Gasteiger partial charge in [-0.3, -0.25) is 10.2 Å². The molecule has 1 N–H and O–H groups in total. The predicted molar refractivity (Wildman–Crippen MR) is 73.5 cm³/mol. The van der Waals surface area contributed by atoms with E-state index in [0.29, 0.717) is 18.4 Å². The largest absolute Gasteiger partial charge is 0.289 e. The highest BCUT2D eigenvalue weighted by molar-refractivity contribution is 9.10. The Morgan fingerprint density at radius 1 is 1.39 bits per heavy atom. The lowest BCUT2D eigenvalue weighted by molar-refractivity contribution is -0.124. The van der Waals surface area contributed by atoms with Gasteiger partial charge in [0.1, 0.15) is 5.82 Å². The summed E-state index contributed by atoms with van der Waals surface area (Å²) in [6.45, 7) is 0. The first kappa shape index (κ1) is 15.1. The second-order valence-corrected chi connectivity index (χ2v) is 5.29. The van der Waals surface area contributed by atoms with Crippen molar-refractivity contribution in [1.29, 1.82) is 0 Å². The maximum Gasteiger partial charge on any atom is 0.234 e. The second-order valence-electron chi connectivity index (χ2n) is 4.37. The van der Waals surface area contributed by atoms with Crippen LogP contribution in [0.3, 0.4) is 0 Å². The lowest BCUT2D eigenvalue weighted by Crippen LogP contribution is -2.35. The third-order valence-corrected chi connectivity index (χ3v) is 2.95. The maximum absolute atomic E-state index is 13.4. The lowest BCUT2D eigenvalue weighted by Gasteiger charge is -2.11. The monoisotopic (exact) mass is 316 g/mol. The highest BCUT2D eigenvalue weighted by Crippen LogP contribution is 2.17. The molecule has 18 heavy (non-hydrogen) atoms. The summed E-state index contributed by atoms with van der Waals surface area (Å²) in [5.41, 5.74) is 3.37. The van der Waals surface area contributed by atoms with Crippen molar-refractivity contribution >= 4 is 21.8 Å². The van der Waals surface area contributed by atoms with Gasteiger partial charge in [-0.05, 0) is 43.0 Å². The van der Waals surface area contributed by atoms with Gasteiger partial charge in [-0.25, -0.2) is 9.40 Å². The van der Waals surface area contributed by atoms with E-state index in [1.165, 1.54) is 6.07 Å². The number of halogens is 2. The molecule has 0 unspecified atom stereocenters. The highest BCUT2D eigenvalue weighted by Gasteiger charge is 2.05. The van der Waals surface area contributed by atoms with Gasteiger partial charge in [-0.15, -0.1) is 0 Å². The van der Waals surface area contributed by atoms with E-state index in [1.54, 1.807) is 31.2 Å². The number of unbranched alkanes of at least 4 members (excludes halogenated alkanes) is 1. The van der Waals surface area contributed by atoms with Gasteiger partial charge < -0.3 is 0 Å². The number of carbonyl (C=O) groups is 1. The van der Waals surface area contributed by atoms with E-state index in [-0.39, 0.29) is 11.7 Å². The van der Waals surface area contributed by atoms with Crippen molar-refractivity contribution < 1.29 is 9.18 Å². The summed E-state index contributed by atoms with van der Waals surface area (Å²) in [4.78, 5) is 11.4. The number of nitrogens with zero attached hydrogens (tertiary/aromatic N) is 1. The van der Waals surface area contributed by atoms with Crippen LogP contribution in [0.4, 0.5) is 4.39 Å². The van der Waals surface area contributed by atoms with E-state index in [0.717, 1.165) is 17.3 Å². The number of hydrazine groups is 1. The van der Waals surface area contributed by atoms with E-state index in [1.807, 2.05) is 0 Å². The average molecular weight is 317 g/mol. The molecular weight excluding hydrogens is 299 g/mol. The van der Waals surface area contributed by atoms with Gasteiger partial charge in [0, 0.05) is 25.0 Å². The number of amides is 1. The molecule has 1 aromatic carbocycles. The number of carbonyl (C=O) groups excluding carboxylic acids is 1. The molecule has 1 amide bonds. The van der Waals surface area contributed by atoms with Crippen molar-refractivity contribution in [2.75, 3.05) is 14.1 Å². The Hall–Kier alpha value is -0.940. The molecule has 0 atom stereocenters. The first-order valence-corrected chi connectivity index (χ1v) is 6.69. The van der Waals surface area contributed by atoms with Crippen LogP contribution in [0.25, 0.3) is 0 Å². The molecule has 1 aromatic rings. The Kier molecular flexibility index (Phi) is 6.29. The highest BCUT2D eigenvalue weighted by atomic mass is 79.9. The van der Waals surface area contributed by atoms with E-state index in [2.05, 4.69) is 21.4 Å². The predicted octanol–water partition coefficient (Wildman–Crippen LogP) is 2.89. The van der Waals surface area contributed by atoms with E-state index < -0.39 is 0 Å². The summed E-state index contributed by atoms with van der Waals surface area (Å²) < 4.78 is 14.3. The van der Waals surface area contributed by atoms with Gasteiger partial charge in [0.15, 0.2) is 0 Å². The molecule has 0 radical (unpaired) electrons. The lowest BCUT2D eigenvalue weighted by atomic mass is 10.1. The zero-order chi connectivity index (χ0) is 13.5. The number of hydrogen-bond donors (Lipinski definition) is 1. The van der Waals surface area contributed by atoms with Crippen LogP contribution in [0.15, 0.2) is 22.7 Å². The molecule has 0 aliphatic heterocycles. The van der Waals surface area contributed by atoms with Crippen LogP contribution in [0, 0.1) is 5.82 Å². The Balaban J connectivity index is 2.29. The maximum atomic E-state index is 13.4. The summed E-state index contributed by atoms with van der Waals surface area (Å²) in [5, 5.41) is 1.62. The van der Waals surface area contributed by atoms with Crippen molar-refractivity contribution in [3.05, 3.63) is 34.1 Å². The summed E-state index contributed by atoms with van der Waals surface area (Å²) in [6.07, 6.45) is 2.67. The minimum atomic E-state index is -0.184. The molecule has 3 nitrogen and oxygen atoms in total. The molecule has 100 valence electrons. The van der Waals surface area contributed by atoms with Crippen LogP contribution >= 0.6 is 15.9 Å². The Morgan fingerprint density at radius 2 is 2.11 bits per heavy atom. The van der Waals surface area contributed by atoms with Crippen molar-refractivity contribution in [3.63, 3.8) is 0 Å². The fourth-order valence-corrected chi connectivity index (χ4v) is 2.05. The third kappa shape index (κ3) is 5.60. The van der Waals surface area contributed by atoms with Crippen molar-refractivity contribution in [2.45, 2.75) is 25.7 Å². The molecule has 0 saturated heterocycles. The second kappa shape index (κ2) is 7.48. The molecule has 5 heteroatoms. The van der Waals surface area contributed by atoms with Gasteiger partial charge in [-0.2, -0.15) is 0 Å². The molecule has 0 spiro atoms. The minimum Gasteiger partial charge on any atom is -0.289 e. The summed E-state index contributed by atoms with van der Waals surface area (Å²) in [5.74, 6) is -0.189. The summed E-state index contributed by atoms with van der Waals surface area (Å²) in [6, 6.07) is 4.93. The molecule has 1 rings (SSSR count). The van der Waals surface area contributed by atoms with Gasteiger partial charge in [0.25, 0.3) is 0 Å². The zero-order valence-corrected chi connectivity index (χ0v) is 12.3. The standard InChI is InChI=1S/C13H18BrFN2O/c1-17(2)16-13(18)6-4-3-5-10-9-11(14)7-8-12(10)15/h7-9H,3-6H2,1-2H3,(H,16,18). The number of benzene rings is 1. The summed E-state index contributed by atoms with van der Waals surface area (Å²) in [7, 11) is 3.55. The smallest absolute Gasteiger partial charge is 0.234 e. The Labute approximate surface area is 115 Å². The molecular formula is C13H18BrFN2O. The van der Waals surface area contributed by atoms with E-state index >= 15 is 0 Å². The fraction of sp³-hybridized carbons (Fsp3) is 0.462. The van der Waals surface area contributed by atoms with Gasteiger partial charge in [-0.1, -0.05) is 15.9 Å². The Morgan fingerprint density at radius 3 is 2.78 bits per heavy atom. The summed E-state index contributed by atoms with van der Waals surface area (Å²) >= 11 is 3.32. The van der Waals surface area contributed by atoms with Crippen LogP contribution in [0.2, 0.25) is 0 Å². The molecule has 0 aromatic heterocycles. The zero-order valence-electron chi connectivity index (χ0n) is 10.7. The third-order valence-electron chi connectivity index (χ3n) is 2.46. The number of rotatable bonds is 6.